The summed E-state index contributed by atoms with van der Waals surface area (Å²) in [7, 11) is 0. The van der Waals surface area contributed by atoms with Crippen molar-refractivity contribution in [2.45, 2.75) is 6.92 Å². The average Bonchev–Trinajstić information content (AvgIpc) is 2.36. The van der Waals surface area contributed by atoms with E-state index in [0.717, 1.165) is 5.56 Å². The van der Waals surface area contributed by atoms with Gasteiger partial charge >= 0.3 is 0 Å². The average molecular weight is 370 g/mol. The van der Waals surface area contributed by atoms with Crippen LogP contribution in [-0.2, 0) is 0 Å². The highest BCUT2D eigenvalue weighted by Gasteiger charge is 2.09. The first-order valence-electron chi connectivity index (χ1n) is 5.60. The molecule has 1 amide bonds. The first-order chi connectivity index (χ1) is 8.97. The summed E-state index contributed by atoms with van der Waals surface area (Å²) < 4.78 is 13.6. The Bertz CT molecular complexity index is 643. The lowest BCUT2D eigenvalue weighted by atomic mass is 10.1. The number of nitrogens with one attached hydrogen (secondary N) is 1. The summed E-state index contributed by atoms with van der Waals surface area (Å²) in [6, 6.07) is 9.33. The highest BCUT2D eigenvalue weighted by atomic mass is 127. The number of halogens is 2. The minimum Gasteiger partial charge on any atom is -0.398 e. The van der Waals surface area contributed by atoms with Crippen molar-refractivity contribution >= 4 is 39.9 Å². The second-order valence-electron chi connectivity index (χ2n) is 4.15. The number of rotatable bonds is 2. The largest absolute Gasteiger partial charge is 0.398 e. The maximum Gasteiger partial charge on any atom is 0.255 e. The summed E-state index contributed by atoms with van der Waals surface area (Å²) in [5.41, 5.74) is 8.32. The van der Waals surface area contributed by atoms with Gasteiger partial charge in [-0.1, -0.05) is 6.07 Å². The van der Waals surface area contributed by atoms with Gasteiger partial charge in [0.05, 0.1) is 5.69 Å². The molecule has 98 valence electrons. The van der Waals surface area contributed by atoms with E-state index in [2.05, 4.69) is 5.32 Å². The van der Waals surface area contributed by atoms with Gasteiger partial charge in [-0.25, -0.2) is 4.39 Å². The van der Waals surface area contributed by atoms with Gasteiger partial charge in [0, 0.05) is 14.8 Å². The molecular weight excluding hydrogens is 358 g/mol. The minimum atomic E-state index is -0.332. The van der Waals surface area contributed by atoms with Crippen LogP contribution >= 0.6 is 22.6 Å². The molecule has 3 N–H and O–H groups in total. The van der Waals surface area contributed by atoms with Crippen molar-refractivity contribution < 1.29 is 9.18 Å². The van der Waals surface area contributed by atoms with Gasteiger partial charge < -0.3 is 11.1 Å². The Hall–Kier alpha value is -1.63. The van der Waals surface area contributed by atoms with E-state index in [-0.39, 0.29) is 11.7 Å². The van der Waals surface area contributed by atoms with Crippen molar-refractivity contribution in [1.29, 1.82) is 0 Å². The lowest BCUT2D eigenvalue weighted by Crippen LogP contribution is -2.13. The Kier molecular flexibility index (Phi) is 4.04. The number of nitrogens with two attached hydrogens (primary N) is 1. The van der Waals surface area contributed by atoms with E-state index in [0.29, 0.717) is 20.5 Å². The molecule has 0 heterocycles. The molecule has 0 bridgehead atoms. The molecule has 0 spiro atoms. The Morgan fingerprint density at radius 3 is 2.63 bits per heavy atom. The third-order valence-electron chi connectivity index (χ3n) is 2.72. The number of amides is 1. The van der Waals surface area contributed by atoms with E-state index in [1.165, 1.54) is 18.2 Å². The van der Waals surface area contributed by atoms with Crippen LogP contribution < -0.4 is 11.1 Å². The second kappa shape index (κ2) is 5.56. The van der Waals surface area contributed by atoms with E-state index >= 15 is 0 Å². The van der Waals surface area contributed by atoms with Gasteiger partial charge in [0.1, 0.15) is 5.82 Å². The van der Waals surface area contributed by atoms with Gasteiger partial charge in [-0.2, -0.15) is 0 Å². The molecule has 19 heavy (non-hydrogen) atoms. The Balaban J connectivity index is 2.23. The summed E-state index contributed by atoms with van der Waals surface area (Å²) >= 11 is 1.97. The van der Waals surface area contributed by atoms with Crippen LogP contribution in [0.15, 0.2) is 36.4 Å². The third kappa shape index (κ3) is 3.23. The molecule has 0 aliphatic rings. The van der Waals surface area contributed by atoms with Crippen molar-refractivity contribution in [1.82, 2.24) is 0 Å². The maximum absolute atomic E-state index is 13.0. The van der Waals surface area contributed by atoms with Crippen LogP contribution in [0.1, 0.15) is 15.9 Å². The summed E-state index contributed by atoms with van der Waals surface area (Å²) in [6.45, 7) is 1.87. The number of aryl methyl sites for hydroxylation is 1. The fourth-order valence-electron chi connectivity index (χ4n) is 1.57. The van der Waals surface area contributed by atoms with Crippen molar-refractivity contribution in [2.75, 3.05) is 11.1 Å². The smallest absolute Gasteiger partial charge is 0.255 e. The zero-order valence-corrected chi connectivity index (χ0v) is 12.4. The monoisotopic (exact) mass is 370 g/mol. The Morgan fingerprint density at radius 1 is 1.26 bits per heavy atom. The molecule has 2 rings (SSSR count). The number of nitrogen functional groups attached to an aromatic ring is 1. The van der Waals surface area contributed by atoms with E-state index in [4.69, 9.17) is 5.73 Å². The Labute approximate surface area is 124 Å². The van der Waals surface area contributed by atoms with E-state index in [9.17, 15) is 9.18 Å². The molecule has 0 aliphatic heterocycles. The molecule has 0 atom stereocenters. The predicted molar refractivity (Wildman–Crippen MR) is 82.7 cm³/mol. The highest BCUT2D eigenvalue weighted by Crippen LogP contribution is 2.20. The Morgan fingerprint density at radius 2 is 2.00 bits per heavy atom. The molecule has 5 heteroatoms. The molecule has 3 nitrogen and oxygen atoms in total. The van der Waals surface area contributed by atoms with Crippen LogP contribution in [0.5, 0.6) is 0 Å². The van der Waals surface area contributed by atoms with Crippen molar-refractivity contribution in [3.63, 3.8) is 0 Å². The van der Waals surface area contributed by atoms with Gasteiger partial charge in [0.25, 0.3) is 5.91 Å². The molecule has 0 aromatic heterocycles. The summed E-state index contributed by atoms with van der Waals surface area (Å²) in [4.78, 5) is 12.1. The molecule has 0 saturated carbocycles. The van der Waals surface area contributed by atoms with Crippen LogP contribution in [0, 0.1) is 16.3 Å². The normalized spacial score (nSPS) is 10.3. The fraction of sp³-hybridized carbons (Fsp3) is 0.0714. The summed E-state index contributed by atoms with van der Waals surface area (Å²) in [6.07, 6.45) is 0. The zero-order chi connectivity index (χ0) is 14.0. The number of carbonyl (C=O) groups excluding carboxylic acids is 1. The lowest BCUT2D eigenvalue weighted by molar-refractivity contribution is 0.102. The van der Waals surface area contributed by atoms with Crippen LogP contribution in [0.4, 0.5) is 15.8 Å². The van der Waals surface area contributed by atoms with Crippen molar-refractivity contribution in [3.8, 4) is 0 Å². The van der Waals surface area contributed by atoms with Gasteiger partial charge in [0.2, 0.25) is 0 Å². The van der Waals surface area contributed by atoms with E-state index in [1.54, 1.807) is 18.2 Å². The van der Waals surface area contributed by atoms with Crippen LogP contribution in [0.3, 0.4) is 0 Å². The van der Waals surface area contributed by atoms with E-state index < -0.39 is 0 Å². The lowest BCUT2D eigenvalue weighted by Gasteiger charge is -2.08. The van der Waals surface area contributed by atoms with Crippen LogP contribution in [-0.4, -0.2) is 5.91 Å². The molecule has 2 aromatic carbocycles. The predicted octanol–water partition coefficient (Wildman–Crippen LogP) is 3.57. The number of hydrogen-bond donors (Lipinski definition) is 2. The first kappa shape index (κ1) is 13.8. The minimum absolute atomic E-state index is 0.267. The van der Waals surface area contributed by atoms with Crippen molar-refractivity contribution in [2.24, 2.45) is 0 Å². The van der Waals surface area contributed by atoms with Gasteiger partial charge in [-0.15, -0.1) is 0 Å². The number of hydrogen-bond acceptors (Lipinski definition) is 2. The quantitative estimate of drug-likeness (QED) is 0.627. The molecule has 0 radical (unpaired) electrons. The third-order valence-corrected chi connectivity index (χ3v) is 3.61. The topological polar surface area (TPSA) is 55.1 Å². The molecule has 0 unspecified atom stereocenters. The molecule has 2 aromatic rings. The van der Waals surface area contributed by atoms with E-state index in [1.807, 2.05) is 29.5 Å². The van der Waals surface area contributed by atoms with Gasteiger partial charge in [0.15, 0.2) is 0 Å². The molecular formula is C14H12FIN2O. The second-order valence-corrected chi connectivity index (χ2v) is 5.31. The highest BCUT2D eigenvalue weighted by molar-refractivity contribution is 14.1. The first-order valence-corrected chi connectivity index (χ1v) is 6.68. The standard InChI is InChI=1S/C14H12FIN2O/c1-8-2-3-9(6-12(8)17)14(19)18-13-5-4-10(15)7-11(13)16/h2-7H,17H2,1H3,(H,18,19). The number of benzene rings is 2. The van der Waals surface area contributed by atoms with Crippen molar-refractivity contribution in [3.05, 3.63) is 56.9 Å². The van der Waals surface area contributed by atoms with Gasteiger partial charge in [-0.3, -0.25) is 4.79 Å². The molecule has 0 fully saturated rings. The SMILES string of the molecule is Cc1ccc(C(=O)Nc2ccc(F)cc2I)cc1N. The fourth-order valence-corrected chi connectivity index (χ4v) is 2.18. The number of carbonyl (C=O) groups is 1. The number of anilines is 2. The zero-order valence-electron chi connectivity index (χ0n) is 10.2. The van der Waals surface area contributed by atoms with Crippen LogP contribution in [0.2, 0.25) is 0 Å². The molecule has 0 saturated heterocycles. The maximum atomic E-state index is 13.0. The summed E-state index contributed by atoms with van der Waals surface area (Å²) in [5, 5.41) is 2.73. The van der Waals surface area contributed by atoms with Gasteiger partial charge in [-0.05, 0) is 65.4 Å². The molecule has 0 aliphatic carbocycles. The summed E-state index contributed by atoms with van der Waals surface area (Å²) in [5.74, 6) is -0.599. The van der Waals surface area contributed by atoms with Crippen LogP contribution in [0.25, 0.3) is 0 Å².